The molecule has 6 nitrogen and oxygen atoms in total. The van der Waals surface area contributed by atoms with Crippen LogP contribution in [0.25, 0.3) is 0 Å². The fourth-order valence-corrected chi connectivity index (χ4v) is 2.25. The second kappa shape index (κ2) is 6.56. The smallest absolute Gasteiger partial charge is 0.276 e. The summed E-state index contributed by atoms with van der Waals surface area (Å²) >= 11 is 0. The lowest BCUT2D eigenvalue weighted by Crippen LogP contribution is -2.29. The molecule has 0 saturated carbocycles. The molecule has 2 rings (SSSR count). The monoisotopic (exact) mass is 280 g/mol. The molecule has 0 bridgehead atoms. The minimum atomic E-state index is -0.361. The van der Waals surface area contributed by atoms with Crippen molar-refractivity contribution in [3.8, 4) is 11.5 Å². The highest BCUT2D eigenvalue weighted by Crippen LogP contribution is 2.37. The van der Waals surface area contributed by atoms with E-state index in [-0.39, 0.29) is 16.7 Å². The van der Waals surface area contributed by atoms with Crippen molar-refractivity contribution in [1.82, 2.24) is 5.32 Å². The quantitative estimate of drug-likeness (QED) is 0.639. The molecule has 0 fully saturated rings. The fourth-order valence-electron chi connectivity index (χ4n) is 2.25. The molecule has 110 valence electrons. The van der Waals surface area contributed by atoms with Crippen LogP contribution in [0.15, 0.2) is 12.1 Å². The summed E-state index contributed by atoms with van der Waals surface area (Å²) in [6, 6.07) is 3.38. The van der Waals surface area contributed by atoms with Crippen LogP contribution < -0.4 is 14.8 Å². The van der Waals surface area contributed by atoms with Crippen LogP contribution in [0.2, 0.25) is 0 Å². The van der Waals surface area contributed by atoms with Crippen molar-refractivity contribution in [1.29, 1.82) is 0 Å². The second-order valence-corrected chi connectivity index (χ2v) is 4.94. The Morgan fingerprint density at radius 2 is 2.00 bits per heavy atom. The van der Waals surface area contributed by atoms with Gasteiger partial charge >= 0.3 is 0 Å². The first-order chi connectivity index (χ1) is 9.61. The predicted octanol–water partition coefficient (Wildman–Crippen LogP) is 2.30. The molecule has 0 radical (unpaired) electrons. The maximum absolute atomic E-state index is 11.2. The molecular formula is C14H20N2O4. The maximum Gasteiger partial charge on any atom is 0.276 e. The topological polar surface area (TPSA) is 73.6 Å². The molecule has 6 heteroatoms. The van der Waals surface area contributed by atoms with Crippen LogP contribution >= 0.6 is 0 Å². The zero-order valence-electron chi connectivity index (χ0n) is 11.8. The van der Waals surface area contributed by atoms with Gasteiger partial charge in [-0.25, -0.2) is 0 Å². The van der Waals surface area contributed by atoms with Crippen LogP contribution in [0.1, 0.15) is 25.8 Å². The molecule has 1 N–H and O–H groups in total. The molecule has 1 unspecified atom stereocenters. The first kappa shape index (κ1) is 14.6. The molecule has 20 heavy (non-hydrogen) atoms. The molecule has 1 aliphatic heterocycles. The molecule has 1 heterocycles. The third-order valence-electron chi connectivity index (χ3n) is 3.21. The molecule has 1 aromatic carbocycles. The Bertz CT molecular complexity index is 490. The molecule has 1 atom stereocenters. The normalized spacial score (nSPS) is 14.9. The number of rotatable bonds is 6. The Hall–Kier alpha value is -1.82. The zero-order valence-corrected chi connectivity index (χ0v) is 11.8. The van der Waals surface area contributed by atoms with E-state index in [2.05, 4.69) is 12.2 Å². The summed E-state index contributed by atoms with van der Waals surface area (Å²) < 4.78 is 10.9. The number of benzene rings is 1. The molecule has 0 spiro atoms. The van der Waals surface area contributed by atoms with Gasteiger partial charge in [0.25, 0.3) is 5.69 Å². The fraction of sp³-hybridized carbons (Fsp3) is 0.571. The van der Waals surface area contributed by atoms with Gasteiger partial charge in [0, 0.05) is 11.6 Å². The van der Waals surface area contributed by atoms with Gasteiger partial charge in [0.15, 0.2) is 11.5 Å². The number of hydrogen-bond acceptors (Lipinski definition) is 5. The Morgan fingerprint density at radius 1 is 1.35 bits per heavy atom. The Balaban J connectivity index is 2.23. The number of nitrogens with one attached hydrogen (secondary N) is 1. The van der Waals surface area contributed by atoms with Gasteiger partial charge in [-0.2, -0.15) is 0 Å². The summed E-state index contributed by atoms with van der Waals surface area (Å²) in [5.41, 5.74) is 0.773. The first-order valence-corrected chi connectivity index (χ1v) is 6.92. The molecule has 0 saturated heterocycles. The van der Waals surface area contributed by atoms with E-state index < -0.39 is 0 Å². The summed E-state index contributed by atoms with van der Waals surface area (Å²) in [5, 5.41) is 14.5. The van der Waals surface area contributed by atoms with Gasteiger partial charge in [-0.3, -0.25) is 10.1 Å². The van der Waals surface area contributed by atoms with Crippen LogP contribution in [0.4, 0.5) is 5.69 Å². The lowest BCUT2D eigenvalue weighted by Gasteiger charge is -2.20. The SMILES string of the molecule is CCCNC(C)Cc1cc2c(cc1[N+](=O)[O-])OCCO2. The van der Waals surface area contributed by atoms with E-state index >= 15 is 0 Å². The second-order valence-electron chi connectivity index (χ2n) is 4.94. The zero-order chi connectivity index (χ0) is 14.5. The van der Waals surface area contributed by atoms with Gasteiger partial charge in [0.05, 0.1) is 11.0 Å². The van der Waals surface area contributed by atoms with Crippen molar-refractivity contribution in [3.63, 3.8) is 0 Å². The predicted molar refractivity (Wildman–Crippen MR) is 75.5 cm³/mol. The average Bonchev–Trinajstić information content (AvgIpc) is 2.44. The van der Waals surface area contributed by atoms with Crippen molar-refractivity contribution in [2.75, 3.05) is 19.8 Å². The largest absolute Gasteiger partial charge is 0.486 e. The average molecular weight is 280 g/mol. The van der Waals surface area contributed by atoms with E-state index in [1.165, 1.54) is 6.07 Å². The lowest BCUT2D eigenvalue weighted by atomic mass is 10.0. The van der Waals surface area contributed by atoms with E-state index in [1.807, 2.05) is 6.92 Å². The molecule has 0 aliphatic carbocycles. The van der Waals surface area contributed by atoms with Gasteiger partial charge in [-0.15, -0.1) is 0 Å². The minimum absolute atomic E-state index is 0.0967. The van der Waals surface area contributed by atoms with Crippen molar-refractivity contribution >= 4 is 5.69 Å². The van der Waals surface area contributed by atoms with Crippen molar-refractivity contribution in [2.24, 2.45) is 0 Å². The minimum Gasteiger partial charge on any atom is -0.486 e. The van der Waals surface area contributed by atoms with Crippen LogP contribution in [0.3, 0.4) is 0 Å². The van der Waals surface area contributed by atoms with Gasteiger partial charge in [-0.05, 0) is 32.4 Å². The summed E-state index contributed by atoms with van der Waals surface area (Å²) in [6.07, 6.45) is 1.63. The third-order valence-corrected chi connectivity index (χ3v) is 3.21. The maximum atomic E-state index is 11.2. The Labute approximate surface area is 118 Å². The molecule has 1 aliphatic rings. The Kier molecular flexibility index (Phi) is 4.79. The highest BCUT2D eigenvalue weighted by Gasteiger charge is 2.23. The number of fused-ring (bicyclic) bond motifs is 1. The molecule has 0 amide bonds. The molecule has 1 aromatic rings. The number of nitrogens with zero attached hydrogens (tertiary/aromatic N) is 1. The van der Waals surface area contributed by atoms with E-state index in [9.17, 15) is 10.1 Å². The first-order valence-electron chi connectivity index (χ1n) is 6.92. The highest BCUT2D eigenvalue weighted by atomic mass is 16.6. The van der Waals surface area contributed by atoms with Crippen molar-refractivity contribution in [2.45, 2.75) is 32.7 Å². The van der Waals surface area contributed by atoms with Crippen LogP contribution in [-0.2, 0) is 6.42 Å². The highest BCUT2D eigenvalue weighted by molar-refractivity contribution is 5.55. The number of nitro groups is 1. The van der Waals surface area contributed by atoms with Crippen LogP contribution in [0.5, 0.6) is 11.5 Å². The van der Waals surface area contributed by atoms with E-state index in [4.69, 9.17) is 9.47 Å². The van der Waals surface area contributed by atoms with Crippen LogP contribution in [-0.4, -0.2) is 30.7 Å². The molecular weight excluding hydrogens is 260 g/mol. The molecule has 0 aromatic heterocycles. The summed E-state index contributed by atoms with van der Waals surface area (Å²) in [5.74, 6) is 1.06. The Morgan fingerprint density at radius 3 is 2.60 bits per heavy atom. The van der Waals surface area contributed by atoms with Crippen molar-refractivity contribution < 1.29 is 14.4 Å². The van der Waals surface area contributed by atoms with Crippen molar-refractivity contribution in [3.05, 3.63) is 27.8 Å². The standard InChI is InChI=1S/C14H20N2O4/c1-3-4-15-10(2)7-11-8-13-14(20-6-5-19-13)9-12(11)16(17)18/h8-10,15H,3-7H2,1-2H3. The van der Waals surface area contributed by atoms with E-state index in [0.29, 0.717) is 36.7 Å². The number of ether oxygens (including phenoxy) is 2. The number of nitro benzene ring substituents is 1. The van der Waals surface area contributed by atoms with Gasteiger partial charge < -0.3 is 14.8 Å². The summed E-state index contributed by atoms with van der Waals surface area (Å²) in [4.78, 5) is 10.8. The number of hydrogen-bond donors (Lipinski definition) is 1. The lowest BCUT2D eigenvalue weighted by molar-refractivity contribution is -0.385. The van der Waals surface area contributed by atoms with Gasteiger partial charge in [-0.1, -0.05) is 6.92 Å². The summed E-state index contributed by atoms with van der Waals surface area (Å²) in [6.45, 7) is 5.92. The van der Waals surface area contributed by atoms with E-state index in [0.717, 1.165) is 13.0 Å². The third kappa shape index (κ3) is 3.39. The van der Waals surface area contributed by atoms with E-state index in [1.54, 1.807) is 6.07 Å². The van der Waals surface area contributed by atoms with Crippen LogP contribution in [0, 0.1) is 10.1 Å². The van der Waals surface area contributed by atoms with Gasteiger partial charge in [0.2, 0.25) is 0 Å². The summed E-state index contributed by atoms with van der Waals surface area (Å²) in [7, 11) is 0. The van der Waals surface area contributed by atoms with Gasteiger partial charge in [0.1, 0.15) is 13.2 Å².